The molecule has 2 aromatic rings. The highest BCUT2D eigenvalue weighted by Crippen LogP contribution is 2.34. The first-order valence-corrected chi connectivity index (χ1v) is 8.23. The first kappa shape index (κ1) is 15.5. The van der Waals surface area contributed by atoms with Crippen molar-refractivity contribution in [3.63, 3.8) is 0 Å². The zero-order valence-electron chi connectivity index (χ0n) is 13.6. The molecule has 2 aliphatic heterocycles. The number of furan rings is 1. The van der Waals surface area contributed by atoms with Crippen molar-refractivity contribution in [2.24, 2.45) is 0 Å². The minimum absolute atomic E-state index is 0.0121. The van der Waals surface area contributed by atoms with Crippen molar-refractivity contribution < 1.29 is 23.5 Å². The van der Waals surface area contributed by atoms with E-state index in [9.17, 15) is 9.59 Å². The molecule has 128 valence electrons. The fourth-order valence-corrected chi connectivity index (χ4v) is 2.96. The van der Waals surface area contributed by atoms with Crippen LogP contribution in [0.1, 0.15) is 29.0 Å². The van der Waals surface area contributed by atoms with E-state index in [1.807, 2.05) is 0 Å². The molecule has 25 heavy (non-hydrogen) atoms. The van der Waals surface area contributed by atoms with Gasteiger partial charge in [-0.2, -0.15) is 0 Å². The number of rotatable bonds is 4. The second kappa shape index (κ2) is 6.47. The maximum atomic E-state index is 12.3. The summed E-state index contributed by atoms with van der Waals surface area (Å²) >= 11 is 0. The summed E-state index contributed by atoms with van der Waals surface area (Å²) in [4.78, 5) is 26.2. The van der Waals surface area contributed by atoms with Gasteiger partial charge in [-0.3, -0.25) is 9.59 Å². The molecular formula is C19H17NO5. The third-order valence-corrected chi connectivity index (χ3v) is 4.28. The van der Waals surface area contributed by atoms with Gasteiger partial charge in [0.2, 0.25) is 5.78 Å². The lowest BCUT2D eigenvalue weighted by Crippen LogP contribution is -2.32. The zero-order valence-corrected chi connectivity index (χ0v) is 13.6. The lowest BCUT2D eigenvalue weighted by molar-refractivity contribution is -0.132. The van der Waals surface area contributed by atoms with E-state index in [0.717, 1.165) is 25.9 Å². The largest absolute Gasteiger partial charge is 0.484 e. The molecule has 0 aliphatic carbocycles. The van der Waals surface area contributed by atoms with Gasteiger partial charge in [0.15, 0.2) is 12.4 Å². The number of fused-ring (bicyclic) bond motifs is 1. The Labute approximate surface area is 144 Å². The van der Waals surface area contributed by atoms with Crippen molar-refractivity contribution in [3.8, 4) is 11.5 Å². The molecule has 1 fully saturated rings. The van der Waals surface area contributed by atoms with Crippen molar-refractivity contribution in [1.82, 2.24) is 4.90 Å². The number of nitrogens with zero attached hydrogens (tertiary/aromatic N) is 1. The van der Waals surface area contributed by atoms with E-state index in [1.165, 1.54) is 6.26 Å². The fraction of sp³-hybridized carbons (Fsp3) is 0.263. The highest BCUT2D eigenvalue weighted by molar-refractivity contribution is 6.14. The molecule has 0 radical (unpaired) electrons. The lowest BCUT2D eigenvalue weighted by atomic mass is 10.1. The normalized spacial score (nSPS) is 17.7. The van der Waals surface area contributed by atoms with Crippen LogP contribution in [0.4, 0.5) is 0 Å². The number of amides is 1. The molecule has 0 bridgehead atoms. The molecule has 3 heterocycles. The van der Waals surface area contributed by atoms with Crippen molar-refractivity contribution in [3.05, 3.63) is 53.7 Å². The van der Waals surface area contributed by atoms with Gasteiger partial charge >= 0.3 is 0 Å². The third kappa shape index (κ3) is 3.15. The highest BCUT2D eigenvalue weighted by Gasteiger charge is 2.28. The Kier molecular flexibility index (Phi) is 4.01. The molecule has 1 saturated heterocycles. The maximum Gasteiger partial charge on any atom is 0.260 e. The van der Waals surface area contributed by atoms with E-state index in [2.05, 4.69) is 0 Å². The zero-order chi connectivity index (χ0) is 17.2. The van der Waals surface area contributed by atoms with Gasteiger partial charge < -0.3 is 18.8 Å². The van der Waals surface area contributed by atoms with Gasteiger partial charge in [-0.05, 0) is 37.1 Å². The summed E-state index contributed by atoms with van der Waals surface area (Å²) in [5.41, 5.74) is 0.469. The van der Waals surface area contributed by atoms with Gasteiger partial charge in [-0.15, -0.1) is 0 Å². The molecule has 0 unspecified atom stereocenters. The topological polar surface area (TPSA) is 69.0 Å². The van der Waals surface area contributed by atoms with Crippen LogP contribution in [-0.2, 0) is 4.79 Å². The minimum Gasteiger partial charge on any atom is -0.484 e. The van der Waals surface area contributed by atoms with Gasteiger partial charge in [0.25, 0.3) is 5.91 Å². The molecule has 2 aliphatic rings. The van der Waals surface area contributed by atoms with E-state index >= 15 is 0 Å². The molecular weight excluding hydrogens is 322 g/mol. The summed E-state index contributed by atoms with van der Waals surface area (Å²) in [6, 6.07) is 8.43. The second-order valence-electron chi connectivity index (χ2n) is 5.99. The summed E-state index contributed by atoms with van der Waals surface area (Å²) in [5.74, 6) is 1.45. The Morgan fingerprint density at radius 2 is 2.08 bits per heavy atom. The second-order valence-corrected chi connectivity index (χ2v) is 5.99. The SMILES string of the molecule is O=C1C(=Cc2ccco2)Oc2cc(OCC(=O)N3CCCC3)ccc21. The number of likely N-dealkylation sites (tertiary alicyclic amines) is 1. The predicted molar refractivity (Wildman–Crippen MR) is 89.4 cm³/mol. The number of Topliss-reactive ketones (excluding diaryl/α,β-unsaturated/α-hetero) is 1. The van der Waals surface area contributed by atoms with Crippen molar-refractivity contribution in [2.45, 2.75) is 12.8 Å². The number of hydrogen-bond acceptors (Lipinski definition) is 5. The molecule has 1 amide bonds. The Morgan fingerprint density at radius 1 is 1.24 bits per heavy atom. The van der Waals surface area contributed by atoms with E-state index in [0.29, 0.717) is 22.8 Å². The van der Waals surface area contributed by atoms with Gasteiger partial charge in [0.05, 0.1) is 11.8 Å². The van der Waals surface area contributed by atoms with Crippen LogP contribution in [0.5, 0.6) is 11.5 Å². The number of carbonyl (C=O) groups excluding carboxylic acids is 2. The molecule has 0 spiro atoms. The van der Waals surface area contributed by atoms with E-state index < -0.39 is 0 Å². The summed E-state index contributed by atoms with van der Waals surface area (Å²) in [6.07, 6.45) is 5.18. The molecule has 0 N–H and O–H groups in total. The highest BCUT2D eigenvalue weighted by atomic mass is 16.5. The Bertz CT molecular complexity index is 832. The van der Waals surface area contributed by atoms with Gasteiger partial charge in [0.1, 0.15) is 17.3 Å². The predicted octanol–water partition coefficient (Wildman–Crippen LogP) is 2.90. The fourth-order valence-electron chi connectivity index (χ4n) is 2.96. The Balaban J connectivity index is 1.45. The molecule has 6 heteroatoms. The smallest absolute Gasteiger partial charge is 0.260 e. The van der Waals surface area contributed by atoms with Crippen molar-refractivity contribution in [2.75, 3.05) is 19.7 Å². The van der Waals surface area contributed by atoms with Gasteiger partial charge in [-0.1, -0.05) is 0 Å². The molecule has 4 rings (SSSR count). The minimum atomic E-state index is -0.203. The number of hydrogen-bond donors (Lipinski definition) is 0. The molecule has 1 aromatic carbocycles. The first-order valence-electron chi connectivity index (χ1n) is 8.23. The number of ketones is 1. The molecule has 0 atom stereocenters. The molecule has 0 saturated carbocycles. The van der Waals surface area contributed by atoms with E-state index in [-0.39, 0.29) is 24.1 Å². The summed E-state index contributed by atoms with van der Waals surface area (Å²) in [6.45, 7) is 1.58. The lowest BCUT2D eigenvalue weighted by Gasteiger charge is -2.15. The van der Waals surface area contributed by atoms with Crippen LogP contribution in [0.3, 0.4) is 0 Å². The number of ether oxygens (including phenoxy) is 2. The van der Waals surface area contributed by atoms with Crippen LogP contribution < -0.4 is 9.47 Å². The van der Waals surface area contributed by atoms with Crippen molar-refractivity contribution in [1.29, 1.82) is 0 Å². The molecule has 6 nitrogen and oxygen atoms in total. The average Bonchev–Trinajstić information content (AvgIpc) is 3.36. The number of allylic oxidation sites excluding steroid dienone is 1. The standard InChI is InChI=1S/C19H17NO5/c21-18(20-7-1-2-8-20)12-24-14-5-6-15-16(10-14)25-17(19(15)22)11-13-4-3-9-23-13/h3-6,9-11H,1-2,7-8,12H2. The summed E-state index contributed by atoms with van der Waals surface area (Å²) in [7, 11) is 0. The van der Waals surface area contributed by atoms with Crippen molar-refractivity contribution >= 4 is 17.8 Å². The van der Waals surface area contributed by atoms with Crippen LogP contribution in [0.25, 0.3) is 6.08 Å². The Morgan fingerprint density at radius 3 is 2.84 bits per heavy atom. The van der Waals surface area contributed by atoms with Crippen LogP contribution >= 0.6 is 0 Å². The maximum absolute atomic E-state index is 12.3. The molecule has 1 aromatic heterocycles. The average molecular weight is 339 g/mol. The number of carbonyl (C=O) groups is 2. The third-order valence-electron chi connectivity index (χ3n) is 4.28. The van der Waals surface area contributed by atoms with E-state index in [1.54, 1.807) is 41.3 Å². The first-order chi connectivity index (χ1) is 12.2. The van der Waals surface area contributed by atoms with Gasteiger partial charge in [0, 0.05) is 25.2 Å². The van der Waals surface area contributed by atoms with E-state index in [4.69, 9.17) is 13.9 Å². The van der Waals surface area contributed by atoms with Crippen LogP contribution in [-0.4, -0.2) is 36.3 Å². The monoisotopic (exact) mass is 339 g/mol. The van der Waals surface area contributed by atoms with Crippen LogP contribution in [0, 0.1) is 0 Å². The number of benzene rings is 1. The summed E-state index contributed by atoms with van der Waals surface area (Å²) in [5, 5.41) is 0. The Hall–Kier alpha value is -3.02. The quantitative estimate of drug-likeness (QED) is 0.801. The van der Waals surface area contributed by atoms with Gasteiger partial charge in [-0.25, -0.2) is 0 Å². The summed E-state index contributed by atoms with van der Waals surface area (Å²) < 4.78 is 16.4. The van der Waals surface area contributed by atoms with Crippen LogP contribution in [0.2, 0.25) is 0 Å². The van der Waals surface area contributed by atoms with Crippen LogP contribution in [0.15, 0.2) is 46.8 Å².